The highest BCUT2D eigenvalue weighted by atomic mass is 35.5. The van der Waals surface area contributed by atoms with Gasteiger partial charge in [-0.1, -0.05) is 24.1 Å². The Bertz CT molecular complexity index is 1310. The fourth-order valence-electron chi connectivity index (χ4n) is 3.81. The van der Waals surface area contributed by atoms with Crippen LogP contribution in [0.5, 0.6) is 0 Å². The molecule has 0 aliphatic carbocycles. The number of aromatic nitrogens is 1. The number of benzene rings is 1. The summed E-state index contributed by atoms with van der Waals surface area (Å²) >= 11 is 7.09. The molecule has 9 heteroatoms. The molecule has 4 rings (SSSR count). The second-order valence-electron chi connectivity index (χ2n) is 7.79. The molecule has 0 radical (unpaired) electrons. The van der Waals surface area contributed by atoms with Gasteiger partial charge in [-0.05, 0) is 41.3 Å². The molecule has 170 valence electrons. The maximum atomic E-state index is 13.0. The third kappa shape index (κ3) is 5.74. The fraction of sp³-hybridized carbons (Fsp3) is 0.250. The van der Waals surface area contributed by atoms with Gasteiger partial charge in [0.15, 0.2) is 9.84 Å². The molecular weight excluding hydrogens is 478 g/mol. The molecule has 1 aliphatic heterocycles. The highest BCUT2D eigenvalue weighted by Crippen LogP contribution is 2.28. The normalized spacial score (nSPS) is 13.3. The quantitative estimate of drug-likeness (QED) is 0.391. The zero-order valence-electron chi connectivity index (χ0n) is 17.8. The summed E-state index contributed by atoms with van der Waals surface area (Å²) in [5, 5.41) is 5.02. The molecule has 1 amide bonds. The van der Waals surface area contributed by atoms with Gasteiger partial charge in [0.2, 0.25) is 5.91 Å². The number of hydrogen-bond donors (Lipinski definition) is 1. The number of sulfone groups is 1. The van der Waals surface area contributed by atoms with Crippen LogP contribution < -0.4 is 5.32 Å². The van der Waals surface area contributed by atoms with Crippen molar-refractivity contribution in [1.82, 2.24) is 9.88 Å². The van der Waals surface area contributed by atoms with Gasteiger partial charge in [-0.15, -0.1) is 29.4 Å². The van der Waals surface area contributed by atoms with Gasteiger partial charge in [-0.2, -0.15) is 0 Å². The van der Waals surface area contributed by atoms with Crippen molar-refractivity contribution in [2.45, 2.75) is 24.5 Å². The monoisotopic (exact) mass is 499 g/mol. The molecule has 0 saturated heterocycles. The van der Waals surface area contributed by atoms with Gasteiger partial charge in [-0.25, -0.2) is 13.4 Å². The van der Waals surface area contributed by atoms with Crippen molar-refractivity contribution in [2.75, 3.05) is 17.7 Å². The average molecular weight is 500 g/mol. The smallest absolute Gasteiger partial charge is 0.237 e. The summed E-state index contributed by atoms with van der Waals surface area (Å²) in [5.74, 6) is 2.80. The maximum absolute atomic E-state index is 13.0. The second kappa shape index (κ2) is 9.96. The van der Waals surface area contributed by atoms with E-state index in [4.69, 9.17) is 18.0 Å². The van der Waals surface area contributed by atoms with Crippen LogP contribution in [0.1, 0.15) is 27.1 Å². The van der Waals surface area contributed by atoms with Crippen LogP contribution in [0.2, 0.25) is 0 Å². The van der Waals surface area contributed by atoms with E-state index in [9.17, 15) is 13.2 Å². The van der Waals surface area contributed by atoms with E-state index >= 15 is 0 Å². The van der Waals surface area contributed by atoms with Gasteiger partial charge < -0.3 is 10.2 Å². The molecule has 33 heavy (non-hydrogen) atoms. The molecule has 1 aromatic carbocycles. The van der Waals surface area contributed by atoms with Gasteiger partial charge >= 0.3 is 0 Å². The zero-order valence-corrected chi connectivity index (χ0v) is 20.1. The summed E-state index contributed by atoms with van der Waals surface area (Å²) in [6, 6.07) is 11.1. The lowest BCUT2D eigenvalue weighted by Gasteiger charge is -2.30. The minimum absolute atomic E-state index is 0.0587. The molecule has 2 aromatic heterocycles. The molecule has 0 saturated carbocycles. The van der Waals surface area contributed by atoms with E-state index in [0.29, 0.717) is 30.9 Å². The molecule has 3 heterocycles. The third-order valence-electron chi connectivity index (χ3n) is 5.43. The Hall–Kier alpha value is -2.86. The highest BCUT2D eigenvalue weighted by Gasteiger charge is 2.24. The molecule has 0 bridgehead atoms. The lowest BCUT2D eigenvalue weighted by Crippen LogP contribution is -2.37. The number of fused-ring (bicyclic) bond motifs is 1. The van der Waals surface area contributed by atoms with Gasteiger partial charge in [0.1, 0.15) is 11.7 Å². The van der Waals surface area contributed by atoms with Crippen LogP contribution in [0, 0.1) is 12.3 Å². The number of nitrogens with zero attached hydrogens (tertiary/aromatic N) is 2. The van der Waals surface area contributed by atoms with Crippen LogP contribution in [-0.2, 0) is 39.1 Å². The summed E-state index contributed by atoms with van der Waals surface area (Å²) in [7, 11) is -3.42. The summed E-state index contributed by atoms with van der Waals surface area (Å²) in [4.78, 5) is 18.7. The minimum Gasteiger partial charge on any atom is -0.340 e. The van der Waals surface area contributed by atoms with E-state index in [-0.39, 0.29) is 23.3 Å². The Balaban J connectivity index is 1.45. The van der Waals surface area contributed by atoms with Gasteiger partial charge in [0, 0.05) is 35.1 Å². The van der Waals surface area contributed by atoms with Crippen molar-refractivity contribution in [2.24, 2.45) is 0 Å². The first-order valence-corrected chi connectivity index (χ1v) is 13.5. The number of carbonyl (C=O) groups is 1. The number of amides is 1. The van der Waals surface area contributed by atoms with Crippen LogP contribution in [0.15, 0.2) is 48.0 Å². The Morgan fingerprint density at radius 2 is 2.12 bits per heavy atom. The Labute approximate surface area is 202 Å². The molecule has 1 aliphatic rings. The van der Waals surface area contributed by atoms with E-state index in [2.05, 4.69) is 16.2 Å². The number of nitrogens with one attached hydrogen (secondary N) is 1. The number of anilines is 2. The summed E-state index contributed by atoms with van der Waals surface area (Å²) < 4.78 is 26.0. The van der Waals surface area contributed by atoms with Crippen molar-refractivity contribution in [3.63, 3.8) is 0 Å². The first-order chi connectivity index (χ1) is 15.9. The minimum atomic E-state index is -3.42. The summed E-state index contributed by atoms with van der Waals surface area (Å²) in [5.41, 5.74) is 4.22. The van der Waals surface area contributed by atoms with Crippen LogP contribution >= 0.6 is 22.9 Å². The summed E-state index contributed by atoms with van der Waals surface area (Å²) in [6.45, 7) is 0.991. The SMILES string of the molecule is C#Cc1ccc(Nc2csc(CS(=O)(=O)Cc3cccc4c3CN(C(=O)CCl)CC4)c2)nc1. The Morgan fingerprint density at radius 1 is 1.27 bits per heavy atom. The van der Waals surface area contributed by atoms with Crippen molar-refractivity contribution in [3.8, 4) is 12.3 Å². The van der Waals surface area contributed by atoms with Crippen molar-refractivity contribution < 1.29 is 13.2 Å². The molecule has 0 atom stereocenters. The third-order valence-corrected chi connectivity index (χ3v) is 8.28. The predicted octanol–water partition coefficient (Wildman–Crippen LogP) is 4.11. The second-order valence-corrected chi connectivity index (χ2v) is 11.1. The molecule has 6 nitrogen and oxygen atoms in total. The van der Waals surface area contributed by atoms with E-state index in [1.165, 1.54) is 11.3 Å². The van der Waals surface area contributed by atoms with E-state index in [0.717, 1.165) is 27.3 Å². The van der Waals surface area contributed by atoms with E-state index in [1.807, 2.05) is 29.6 Å². The lowest BCUT2D eigenvalue weighted by molar-refractivity contribution is -0.129. The standard InChI is InChI=1S/C24H22ClN3O3S2/c1-2-17-6-7-23(26-12-17)27-20-10-21(32-14-20)16-33(30,31)15-19-5-3-4-18-8-9-28(13-22(18)19)24(29)11-25/h1,3-7,10,12,14H,8-9,11,13,15-16H2,(H,26,27). The molecular formula is C24H22ClN3O3S2. The van der Waals surface area contributed by atoms with Crippen molar-refractivity contribution in [1.29, 1.82) is 0 Å². The fourth-order valence-corrected chi connectivity index (χ4v) is 6.75. The number of pyridine rings is 1. The highest BCUT2D eigenvalue weighted by molar-refractivity contribution is 7.90. The number of halogens is 1. The van der Waals surface area contributed by atoms with Crippen molar-refractivity contribution >= 4 is 50.2 Å². The van der Waals surface area contributed by atoms with Gasteiger partial charge in [-0.3, -0.25) is 4.79 Å². The number of terminal acetylenes is 1. The zero-order chi connectivity index (χ0) is 23.4. The molecule has 0 fully saturated rings. The number of thiophene rings is 1. The number of alkyl halides is 1. The van der Waals surface area contributed by atoms with E-state index < -0.39 is 9.84 Å². The van der Waals surface area contributed by atoms with Crippen LogP contribution in [-0.4, -0.2) is 36.6 Å². The Kier molecular flexibility index (Phi) is 7.03. The van der Waals surface area contributed by atoms with Crippen LogP contribution in [0.25, 0.3) is 0 Å². The maximum Gasteiger partial charge on any atom is 0.237 e. The largest absolute Gasteiger partial charge is 0.340 e. The Morgan fingerprint density at radius 3 is 2.85 bits per heavy atom. The summed E-state index contributed by atoms with van der Waals surface area (Å²) in [6.07, 6.45) is 7.64. The molecule has 3 aromatic rings. The predicted molar refractivity (Wildman–Crippen MR) is 132 cm³/mol. The number of carbonyl (C=O) groups excluding carboxylic acids is 1. The molecule has 0 spiro atoms. The number of rotatable bonds is 7. The van der Waals surface area contributed by atoms with E-state index in [1.54, 1.807) is 23.2 Å². The first kappa shape index (κ1) is 23.3. The molecule has 1 N–H and O–H groups in total. The topological polar surface area (TPSA) is 79.4 Å². The van der Waals surface area contributed by atoms with Gasteiger partial charge in [0.05, 0.1) is 17.2 Å². The lowest BCUT2D eigenvalue weighted by atomic mass is 9.95. The van der Waals surface area contributed by atoms with Crippen molar-refractivity contribution in [3.05, 3.63) is 75.1 Å². The average Bonchev–Trinajstić information content (AvgIpc) is 3.24. The van der Waals surface area contributed by atoms with Crippen LogP contribution in [0.4, 0.5) is 11.5 Å². The molecule has 0 unspecified atom stereocenters. The van der Waals surface area contributed by atoms with Crippen LogP contribution in [0.3, 0.4) is 0 Å². The first-order valence-electron chi connectivity index (χ1n) is 10.3. The number of hydrogen-bond acceptors (Lipinski definition) is 6. The van der Waals surface area contributed by atoms with Gasteiger partial charge in [0.25, 0.3) is 0 Å².